The lowest BCUT2D eigenvalue weighted by Crippen LogP contribution is -2.17. The van der Waals surface area contributed by atoms with Gasteiger partial charge in [-0.05, 0) is 17.2 Å². The van der Waals surface area contributed by atoms with Gasteiger partial charge in [0.25, 0.3) is 0 Å². The molecule has 0 amide bonds. The Morgan fingerprint density at radius 3 is 2.17 bits per heavy atom. The number of hydrogen-bond acceptors (Lipinski definition) is 2. The monoisotopic (exact) mass is 281 g/mol. The first kappa shape index (κ1) is 13.3. The van der Waals surface area contributed by atoms with Crippen molar-refractivity contribution >= 4 is 23.2 Å². The summed E-state index contributed by atoms with van der Waals surface area (Å²) in [5.74, 6) is -0.376. The lowest BCUT2D eigenvalue weighted by atomic mass is 9.91. The van der Waals surface area contributed by atoms with Crippen molar-refractivity contribution in [3.63, 3.8) is 0 Å². The minimum absolute atomic E-state index is 0.376. The van der Waals surface area contributed by atoms with Crippen molar-refractivity contribution in [3.8, 4) is 0 Å². The Morgan fingerprint density at radius 2 is 1.61 bits per heavy atom. The van der Waals surface area contributed by atoms with Crippen LogP contribution in [0.5, 0.6) is 0 Å². The van der Waals surface area contributed by atoms with Gasteiger partial charge in [-0.25, -0.2) is 0 Å². The molecule has 0 fully saturated rings. The van der Waals surface area contributed by atoms with Crippen molar-refractivity contribution < 1.29 is 5.11 Å². The van der Waals surface area contributed by atoms with Crippen molar-refractivity contribution in [2.75, 3.05) is 0 Å². The van der Waals surface area contributed by atoms with E-state index in [1.54, 1.807) is 18.5 Å². The van der Waals surface area contributed by atoms with Crippen molar-refractivity contribution in [1.29, 1.82) is 0 Å². The summed E-state index contributed by atoms with van der Waals surface area (Å²) >= 11 is 12.0. The highest BCUT2D eigenvalue weighted by Gasteiger charge is 2.28. The first-order chi connectivity index (χ1) is 8.70. The van der Waals surface area contributed by atoms with Crippen LogP contribution in [0.15, 0.2) is 54.9 Å². The van der Waals surface area contributed by atoms with Crippen LogP contribution in [-0.2, 0) is 0 Å². The zero-order chi connectivity index (χ0) is 13.0. The van der Waals surface area contributed by atoms with E-state index in [0.717, 1.165) is 5.56 Å². The third-order valence-electron chi connectivity index (χ3n) is 2.82. The predicted molar refractivity (Wildman–Crippen MR) is 73.9 cm³/mol. The molecular formula is C14H13Cl2NO. The second-order valence-corrected chi connectivity index (χ2v) is 5.17. The molecule has 0 aliphatic carbocycles. The number of nitrogens with zero attached hydrogens (tertiary/aromatic N) is 1. The summed E-state index contributed by atoms with van der Waals surface area (Å²) in [6.45, 7) is 0. The molecule has 0 bridgehead atoms. The lowest BCUT2D eigenvalue weighted by Gasteiger charge is -2.24. The Labute approximate surface area is 116 Å². The van der Waals surface area contributed by atoms with Crippen molar-refractivity contribution in [2.24, 2.45) is 0 Å². The fourth-order valence-electron chi connectivity index (χ4n) is 1.90. The van der Waals surface area contributed by atoms with Gasteiger partial charge in [-0.15, -0.1) is 23.2 Å². The highest BCUT2D eigenvalue weighted by molar-refractivity contribution is 6.44. The van der Waals surface area contributed by atoms with E-state index in [1.807, 2.05) is 36.4 Å². The molecule has 94 valence electrons. The SMILES string of the molecule is OC(c1cccnc1)C(c1ccccc1)C(Cl)Cl. The summed E-state index contributed by atoms with van der Waals surface area (Å²) in [6, 6.07) is 13.1. The first-order valence-corrected chi connectivity index (χ1v) is 6.48. The van der Waals surface area contributed by atoms with Gasteiger partial charge in [0.15, 0.2) is 0 Å². The molecule has 18 heavy (non-hydrogen) atoms. The van der Waals surface area contributed by atoms with Crippen molar-refractivity contribution in [2.45, 2.75) is 16.9 Å². The highest BCUT2D eigenvalue weighted by atomic mass is 35.5. The van der Waals surface area contributed by atoms with Gasteiger partial charge in [-0.2, -0.15) is 0 Å². The van der Waals surface area contributed by atoms with Crippen LogP contribution in [0.2, 0.25) is 0 Å². The second kappa shape index (κ2) is 6.19. The minimum atomic E-state index is -0.777. The number of hydrogen-bond donors (Lipinski definition) is 1. The fraction of sp³-hybridized carbons (Fsp3) is 0.214. The molecule has 0 saturated heterocycles. The van der Waals surface area contributed by atoms with Gasteiger partial charge < -0.3 is 5.11 Å². The van der Waals surface area contributed by atoms with E-state index in [2.05, 4.69) is 4.98 Å². The number of alkyl halides is 2. The van der Waals surface area contributed by atoms with Crippen LogP contribution >= 0.6 is 23.2 Å². The summed E-state index contributed by atoms with van der Waals surface area (Å²) in [5.41, 5.74) is 1.61. The molecule has 0 aliphatic rings. The lowest BCUT2D eigenvalue weighted by molar-refractivity contribution is 0.149. The van der Waals surface area contributed by atoms with Crippen LogP contribution < -0.4 is 0 Å². The molecule has 1 heterocycles. The number of pyridine rings is 1. The molecule has 1 aromatic carbocycles. The second-order valence-electron chi connectivity index (χ2n) is 4.00. The van der Waals surface area contributed by atoms with E-state index >= 15 is 0 Å². The van der Waals surface area contributed by atoms with Crippen LogP contribution in [0, 0.1) is 0 Å². The molecule has 2 rings (SSSR count). The third-order valence-corrected chi connectivity index (χ3v) is 3.36. The van der Waals surface area contributed by atoms with Crippen molar-refractivity contribution in [3.05, 3.63) is 66.0 Å². The Balaban J connectivity index is 2.32. The highest BCUT2D eigenvalue weighted by Crippen LogP contribution is 2.37. The first-order valence-electron chi connectivity index (χ1n) is 5.61. The van der Waals surface area contributed by atoms with Gasteiger partial charge in [0.1, 0.15) is 4.84 Å². The summed E-state index contributed by atoms with van der Waals surface area (Å²) < 4.78 is 0. The largest absolute Gasteiger partial charge is 0.388 e. The molecular weight excluding hydrogens is 269 g/mol. The molecule has 2 aromatic rings. The molecule has 2 unspecified atom stereocenters. The summed E-state index contributed by atoms with van der Waals surface area (Å²) in [6.07, 6.45) is 2.50. The molecule has 0 aliphatic heterocycles. The number of aliphatic hydroxyl groups excluding tert-OH is 1. The molecule has 0 saturated carbocycles. The molecule has 2 nitrogen and oxygen atoms in total. The van der Waals surface area contributed by atoms with Gasteiger partial charge in [-0.3, -0.25) is 4.98 Å². The average molecular weight is 282 g/mol. The van der Waals surface area contributed by atoms with Crippen LogP contribution in [0.25, 0.3) is 0 Å². The fourth-order valence-corrected chi connectivity index (χ4v) is 2.47. The van der Waals surface area contributed by atoms with E-state index in [-0.39, 0.29) is 5.92 Å². The standard InChI is InChI=1S/C14H13Cl2NO/c15-14(16)12(10-5-2-1-3-6-10)13(18)11-7-4-8-17-9-11/h1-9,12-14,18H. The Morgan fingerprint density at radius 1 is 0.944 bits per heavy atom. The molecule has 2 atom stereocenters. The van der Waals surface area contributed by atoms with Crippen LogP contribution in [0.4, 0.5) is 0 Å². The number of rotatable bonds is 4. The smallest absolute Gasteiger partial charge is 0.117 e. The number of aromatic nitrogens is 1. The van der Waals surface area contributed by atoms with Gasteiger partial charge in [0, 0.05) is 18.3 Å². The van der Waals surface area contributed by atoms with Crippen molar-refractivity contribution in [1.82, 2.24) is 4.98 Å². The summed E-state index contributed by atoms with van der Waals surface area (Å²) in [5, 5.41) is 10.4. The Bertz CT molecular complexity index is 476. The molecule has 4 heteroatoms. The predicted octanol–water partition coefficient (Wildman–Crippen LogP) is 3.70. The van der Waals surface area contributed by atoms with Crippen LogP contribution in [0.3, 0.4) is 0 Å². The Kier molecular flexibility index (Phi) is 4.59. The molecule has 1 aromatic heterocycles. The van der Waals surface area contributed by atoms with Crippen LogP contribution in [0.1, 0.15) is 23.1 Å². The molecule has 0 spiro atoms. The zero-order valence-electron chi connectivity index (χ0n) is 9.58. The average Bonchev–Trinajstić information content (AvgIpc) is 2.40. The zero-order valence-corrected chi connectivity index (χ0v) is 11.1. The number of halogens is 2. The molecule has 0 radical (unpaired) electrons. The van der Waals surface area contributed by atoms with E-state index < -0.39 is 10.9 Å². The van der Waals surface area contributed by atoms with Crippen LogP contribution in [-0.4, -0.2) is 14.9 Å². The number of aliphatic hydroxyl groups is 1. The summed E-state index contributed by atoms with van der Waals surface area (Å²) in [4.78, 5) is 3.30. The number of benzene rings is 1. The maximum absolute atomic E-state index is 10.4. The Hall–Kier alpha value is -1.09. The van der Waals surface area contributed by atoms with E-state index in [0.29, 0.717) is 5.56 Å². The summed E-state index contributed by atoms with van der Waals surface area (Å²) in [7, 11) is 0. The van der Waals surface area contributed by atoms with Gasteiger partial charge in [0.2, 0.25) is 0 Å². The topological polar surface area (TPSA) is 33.1 Å². The normalized spacial score (nSPS) is 14.4. The third kappa shape index (κ3) is 3.02. The van der Waals surface area contributed by atoms with Gasteiger partial charge in [0.05, 0.1) is 6.10 Å². The van der Waals surface area contributed by atoms with E-state index in [4.69, 9.17) is 23.2 Å². The van der Waals surface area contributed by atoms with Gasteiger partial charge >= 0.3 is 0 Å². The quantitative estimate of drug-likeness (QED) is 0.867. The van der Waals surface area contributed by atoms with E-state index in [9.17, 15) is 5.11 Å². The maximum atomic E-state index is 10.4. The van der Waals surface area contributed by atoms with E-state index in [1.165, 1.54) is 0 Å². The maximum Gasteiger partial charge on any atom is 0.117 e. The van der Waals surface area contributed by atoms with Gasteiger partial charge in [-0.1, -0.05) is 36.4 Å². The molecule has 1 N–H and O–H groups in total. The minimum Gasteiger partial charge on any atom is -0.388 e.